The third-order valence-electron chi connectivity index (χ3n) is 1.75. The summed E-state index contributed by atoms with van der Waals surface area (Å²) in [6.07, 6.45) is 0. The van der Waals surface area contributed by atoms with Crippen molar-refractivity contribution in [3.05, 3.63) is 15.8 Å². The Balaban J connectivity index is 2.58. The summed E-state index contributed by atoms with van der Waals surface area (Å²) >= 11 is 3.16. The molecule has 0 saturated heterocycles. The number of hydrogen-bond donors (Lipinski definition) is 0. The minimum absolute atomic E-state index is 0.256. The smallest absolute Gasteiger partial charge is 0.208 e. The van der Waals surface area contributed by atoms with Crippen LogP contribution in [0.1, 0.15) is 16.7 Å². The molecule has 1 aromatic heterocycles. The Hall–Kier alpha value is -0.610. The molecule has 0 fully saturated rings. The zero-order valence-corrected chi connectivity index (χ0v) is 10.1. The average Bonchev–Trinajstić information content (AvgIpc) is 2.40. The molecule has 0 aliphatic heterocycles. The molecule has 0 saturated carbocycles. The molecule has 4 heteroatoms. The van der Waals surface area contributed by atoms with Crippen LogP contribution in [-0.4, -0.2) is 17.3 Å². The monoisotopic (exact) mass is 228 g/mol. The quantitative estimate of drug-likeness (QED) is 0.587. The van der Waals surface area contributed by atoms with E-state index in [2.05, 4.69) is 6.07 Å². The zero-order chi connectivity index (χ0) is 10.7. The van der Waals surface area contributed by atoms with Crippen LogP contribution in [-0.2, 0) is 9.59 Å². The van der Waals surface area contributed by atoms with E-state index >= 15 is 0 Å². The van der Waals surface area contributed by atoms with Crippen LogP contribution in [0.25, 0.3) is 0 Å². The normalized spacial score (nSPS) is 10.2. The van der Waals surface area contributed by atoms with E-state index in [9.17, 15) is 9.59 Å². The summed E-state index contributed by atoms with van der Waals surface area (Å²) in [6.45, 7) is 5.38. The van der Waals surface area contributed by atoms with E-state index in [1.54, 1.807) is 11.3 Å². The number of Topliss-reactive ketones (excluding diaryl/α,β-unsaturated/α-hetero) is 2. The Morgan fingerprint density at radius 1 is 1.43 bits per heavy atom. The lowest BCUT2D eigenvalue weighted by Crippen LogP contribution is -2.11. The number of rotatable bonds is 4. The molecule has 2 nitrogen and oxygen atoms in total. The van der Waals surface area contributed by atoms with Crippen molar-refractivity contribution >= 4 is 34.7 Å². The molecule has 1 heterocycles. The van der Waals surface area contributed by atoms with Gasteiger partial charge >= 0.3 is 0 Å². The van der Waals surface area contributed by atoms with Gasteiger partial charge in [-0.2, -0.15) is 0 Å². The highest BCUT2D eigenvalue weighted by atomic mass is 32.2. The summed E-state index contributed by atoms with van der Waals surface area (Å²) < 4.78 is 0. The van der Waals surface area contributed by atoms with Gasteiger partial charge in [0.05, 0.1) is 5.75 Å². The van der Waals surface area contributed by atoms with Gasteiger partial charge in [0.2, 0.25) is 5.78 Å². The lowest BCUT2D eigenvalue weighted by Gasteiger charge is -1.96. The number of hydrogen-bond acceptors (Lipinski definition) is 4. The van der Waals surface area contributed by atoms with Crippen LogP contribution in [0.3, 0.4) is 0 Å². The molecule has 1 rings (SSSR count). The fourth-order valence-electron chi connectivity index (χ4n) is 0.996. The van der Waals surface area contributed by atoms with Crippen molar-refractivity contribution in [2.24, 2.45) is 0 Å². The first-order chi connectivity index (χ1) is 6.50. The van der Waals surface area contributed by atoms with E-state index in [1.807, 2.05) is 13.8 Å². The largest absolute Gasteiger partial charge is 0.291 e. The predicted molar refractivity (Wildman–Crippen MR) is 60.2 cm³/mol. The molecule has 0 aliphatic rings. The van der Waals surface area contributed by atoms with Crippen LogP contribution >= 0.6 is 23.1 Å². The van der Waals surface area contributed by atoms with Crippen molar-refractivity contribution in [3.8, 4) is 0 Å². The van der Waals surface area contributed by atoms with Gasteiger partial charge in [-0.25, -0.2) is 0 Å². The highest BCUT2D eigenvalue weighted by Gasteiger charge is 2.10. The number of thioether (sulfide) groups is 1. The second-order valence-corrected chi connectivity index (χ2v) is 5.52. The van der Waals surface area contributed by atoms with Crippen LogP contribution < -0.4 is 0 Å². The summed E-state index contributed by atoms with van der Waals surface area (Å²) in [6, 6.07) is 2.05. The van der Waals surface area contributed by atoms with Crippen molar-refractivity contribution in [1.29, 1.82) is 0 Å². The Bertz CT molecular complexity index is 366. The van der Waals surface area contributed by atoms with Gasteiger partial charge in [0.1, 0.15) is 0 Å². The van der Waals surface area contributed by atoms with Crippen LogP contribution in [0.15, 0.2) is 11.0 Å². The van der Waals surface area contributed by atoms with Crippen LogP contribution in [0.5, 0.6) is 0 Å². The molecule has 0 atom stereocenters. The first-order valence-corrected chi connectivity index (χ1v) is 6.04. The van der Waals surface area contributed by atoms with Crippen molar-refractivity contribution in [2.45, 2.75) is 25.7 Å². The summed E-state index contributed by atoms with van der Waals surface area (Å²) in [5.74, 6) is -0.410. The number of ketones is 2. The summed E-state index contributed by atoms with van der Waals surface area (Å²) in [7, 11) is 0. The van der Waals surface area contributed by atoms with E-state index in [0.29, 0.717) is 0 Å². The molecule has 0 aliphatic carbocycles. The van der Waals surface area contributed by atoms with Crippen molar-refractivity contribution in [2.75, 3.05) is 5.75 Å². The summed E-state index contributed by atoms with van der Waals surface area (Å²) in [5, 5.41) is 0. The Morgan fingerprint density at radius 3 is 2.50 bits per heavy atom. The molecule has 0 amide bonds. The Labute approximate surface area is 91.7 Å². The average molecular weight is 228 g/mol. The fraction of sp³-hybridized carbons (Fsp3) is 0.400. The molecule has 0 radical (unpaired) electrons. The lowest BCUT2D eigenvalue weighted by atomic mass is 10.3. The fourth-order valence-corrected chi connectivity index (χ4v) is 3.14. The minimum Gasteiger partial charge on any atom is -0.291 e. The summed E-state index contributed by atoms with van der Waals surface area (Å²) in [4.78, 5) is 25.3. The molecule has 76 valence electrons. The molecule has 0 bridgehead atoms. The molecule has 1 aromatic rings. The second-order valence-electron chi connectivity index (χ2n) is 3.05. The maximum atomic E-state index is 11.1. The van der Waals surface area contributed by atoms with Gasteiger partial charge in [-0.15, -0.1) is 23.1 Å². The van der Waals surface area contributed by atoms with Crippen molar-refractivity contribution in [3.63, 3.8) is 0 Å². The molecule has 0 N–H and O–H groups in total. The standard InChI is InChI=1S/C10H12O2S2/c1-6-4-10(8(3)14-6)13-5-9(12)7(2)11/h4H,5H2,1-3H3. The zero-order valence-electron chi connectivity index (χ0n) is 8.42. The number of aryl methyl sites for hydroxylation is 2. The van der Waals surface area contributed by atoms with Crippen molar-refractivity contribution in [1.82, 2.24) is 0 Å². The second kappa shape index (κ2) is 4.75. The van der Waals surface area contributed by atoms with E-state index in [0.717, 1.165) is 4.90 Å². The third-order valence-corrected chi connectivity index (χ3v) is 3.98. The van der Waals surface area contributed by atoms with Crippen LogP contribution in [0.2, 0.25) is 0 Å². The lowest BCUT2D eigenvalue weighted by molar-refractivity contribution is -0.133. The molecular weight excluding hydrogens is 216 g/mol. The minimum atomic E-state index is -0.359. The van der Waals surface area contributed by atoms with Gasteiger partial charge < -0.3 is 0 Å². The van der Waals surface area contributed by atoms with E-state index < -0.39 is 0 Å². The first kappa shape index (κ1) is 11.5. The summed E-state index contributed by atoms with van der Waals surface area (Å²) in [5.41, 5.74) is 0. The molecular formula is C10H12O2S2. The Kier molecular flexibility index (Phi) is 3.89. The molecule has 14 heavy (non-hydrogen) atoms. The van der Waals surface area contributed by atoms with E-state index in [1.165, 1.54) is 28.4 Å². The number of carbonyl (C=O) groups excluding carboxylic acids is 2. The molecule has 0 spiro atoms. The van der Waals surface area contributed by atoms with Gasteiger partial charge in [0, 0.05) is 21.6 Å². The third kappa shape index (κ3) is 2.96. The van der Waals surface area contributed by atoms with Crippen LogP contribution in [0.4, 0.5) is 0 Å². The van der Waals surface area contributed by atoms with Gasteiger partial charge in [0.15, 0.2) is 5.78 Å². The highest BCUT2D eigenvalue weighted by Crippen LogP contribution is 2.29. The van der Waals surface area contributed by atoms with E-state index in [4.69, 9.17) is 0 Å². The number of thiophene rings is 1. The molecule has 0 aromatic carbocycles. The predicted octanol–water partition coefficient (Wildman–Crippen LogP) is 2.62. The maximum absolute atomic E-state index is 11.1. The highest BCUT2D eigenvalue weighted by molar-refractivity contribution is 8.00. The van der Waals surface area contributed by atoms with Gasteiger partial charge in [-0.3, -0.25) is 9.59 Å². The first-order valence-electron chi connectivity index (χ1n) is 4.24. The Morgan fingerprint density at radius 2 is 2.07 bits per heavy atom. The van der Waals surface area contributed by atoms with Crippen molar-refractivity contribution < 1.29 is 9.59 Å². The SMILES string of the molecule is CC(=O)C(=O)CSc1cc(C)sc1C. The molecule has 0 unspecified atom stereocenters. The van der Waals surface area contributed by atoms with Gasteiger partial charge in [0.25, 0.3) is 0 Å². The number of carbonyl (C=O) groups is 2. The van der Waals surface area contributed by atoms with Crippen LogP contribution in [0, 0.1) is 13.8 Å². The van der Waals surface area contributed by atoms with Gasteiger partial charge in [-0.05, 0) is 19.9 Å². The topological polar surface area (TPSA) is 34.1 Å². The van der Waals surface area contributed by atoms with Gasteiger partial charge in [-0.1, -0.05) is 0 Å². The maximum Gasteiger partial charge on any atom is 0.208 e. The van der Waals surface area contributed by atoms with E-state index in [-0.39, 0.29) is 17.3 Å².